The van der Waals surface area contributed by atoms with E-state index in [4.69, 9.17) is 21.1 Å². The van der Waals surface area contributed by atoms with Crippen molar-refractivity contribution in [3.63, 3.8) is 0 Å². The van der Waals surface area contributed by atoms with E-state index in [0.717, 1.165) is 79.3 Å². The highest BCUT2D eigenvalue weighted by Gasteiger charge is 2.30. The topological polar surface area (TPSA) is 129 Å². The normalized spacial score (nSPS) is 16.3. The van der Waals surface area contributed by atoms with Crippen LogP contribution in [-0.2, 0) is 14.8 Å². The highest BCUT2D eigenvalue weighted by molar-refractivity contribution is 7.90. The number of aryl methyl sites for hydroxylation is 1. The average molecular weight is 797 g/mol. The van der Waals surface area contributed by atoms with Gasteiger partial charge < -0.3 is 24.7 Å². The third kappa shape index (κ3) is 9.21. The molecule has 1 amide bonds. The molecule has 1 aliphatic heterocycles. The van der Waals surface area contributed by atoms with Crippen LogP contribution >= 0.6 is 11.6 Å². The van der Waals surface area contributed by atoms with Crippen LogP contribution in [0.5, 0.6) is 11.5 Å². The van der Waals surface area contributed by atoms with Crippen molar-refractivity contribution in [3.8, 4) is 11.5 Å². The van der Waals surface area contributed by atoms with Crippen LogP contribution in [-0.4, -0.2) is 82.2 Å². The first-order valence-corrected chi connectivity index (χ1v) is 20.8. The van der Waals surface area contributed by atoms with Crippen molar-refractivity contribution < 1.29 is 22.7 Å². The van der Waals surface area contributed by atoms with Crippen molar-refractivity contribution in [3.05, 3.63) is 112 Å². The number of carbonyl (C=O) groups is 1. The zero-order chi connectivity index (χ0) is 39.5. The third-order valence-corrected chi connectivity index (χ3v) is 12.3. The highest BCUT2D eigenvalue weighted by Crippen LogP contribution is 2.43. The first-order valence-electron chi connectivity index (χ1n) is 19.0. The fourth-order valence-electron chi connectivity index (χ4n) is 7.51. The van der Waals surface area contributed by atoms with E-state index < -0.39 is 15.9 Å². The number of hydrogen-bond donors (Lipinski definition) is 3. The lowest BCUT2D eigenvalue weighted by molar-refractivity contribution is 0.0979. The molecule has 3 aromatic carbocycles. The average Bonchev–Trinajstić information content (AvgIpc) is 3.65. The number of aromatic nitrogens is 2. The van der Waals surface area contributed by atoms with Gasteiger partial charge in [0.2, 0.25) is 0 Å². The van der Waals surface area contributed by atoms with Gasteiger partial charge in [-0.2, -0.15) is 0 Å². The number of nitrogens with zero attached hydrogens (tertiary/aromatic N) is 3. The second-order valence-corrected chi connectivity index (χ2v) is 17.5. The molecular formula is C43H49ClN6O5S. The van der Waals surface area contributed by atoms with Gasteiger partial charge in [0, 0.05) is 80.4 Å². The van der Waals surface area contributed by atoms with Crippen LogP contribution in [0.2, 0.25) is 5.02 Å². The van der Waals surface area contributed by atoms with E-state index in [2.05, 4.69) is 55.8 Å². The molecule has 56 heavy (non-hydrogen) atoms. The number of sulfonamides is 1. The minimum atomic E-state index is -4.21. The lowest BCUT2D eigenvalue weighted by Gasteiger charge is -2.39. The second-order valence-electron chi connectivity index (χ2n) is 15.4. The van der Waals surface area contributed by atoms with E-state index in [9.17, 15) is 13.2 Å². The Morgan fingerprint density at radius 1 is 1.00 bits per heavy atom. The van der Waals surface area contributed by atoms with Crippen LogP contribution in [0.15, 0.2) is 95.7 Å². The van der Waals surface area contributed by atoms with Crippen LogP contribution in [0.4, 0.5) is 11.4 Å². The molecule has 0 unspecified atom stereocenters. The molecule has 1 saturated heterocycles. The van der Waals surface area contributed by atoms with E-state index in [1.165, 1.54) is 28.8 Å². The molecule has 0 bridgehead atoms. The number of ether oxygens (including phenoxy) is 2. The number of rotatable bonds is 13. The third-order valence-electron chi connectivity index (χ3n) is 10.7. The maximum absolute atomic E-state index is 13.8. The van der Waals surface area contributed by atoms with Gasteiger partial charge in [-0.1, -0.05) is 43.2 Å². The summed E-state index contributed by atoms with van der Waals surface area (Å²) in [5.41, 5.74) is 7.61. The Hall–Kier alpha value is -4.88. The van der Waals surface area contributed by atoms with Crippen molar-refractivity contribution in [2.75, 3.05) is 63.2 Å². The quantitative estimate of drug-likeness (QED) is 0.101. The number of methoxy groups -OCH3 is 1. The van der Waals surface area contributed by atoms with E-state index >= 15 is 0 Å². The van der Waals surface area contributed by atoms with Gasteiger partial charge in [-0.15, -0.1) is 0 Å². The van der Waals surface area contributed by atoms with Gasteiger partial charge >= 0.3 is 0 Å². The highest BCUT2D eigenvalue weighted by atomic mass is 35.5. The first-order chi connectivity index (χ1) is 26.9. The van der Waals surface area contributed by atoms with Crippen molar-refractivity contribution >= 4 is 55.5 Å². The van der Waals surface area contributed by atoms with E-state index in [1.54, 1.807) is 31.6 Å². The molecule has 5 aromatic rings. The Bertz CT molecular complexity index is 2350. The molecular weight excluding hydrogens is 748 g/mol. The summed E-state index contributed by atoms with van der Waals surface area (Å²) in [6, 6.07) is 21.9. The molecule has 0 radical (unpaired) electrons. The van der Waals surface area contributed by atoms with Gasteiger partial charge in [0.1, 0.15) is 17.1 Å². The molecule has 0 spiro atoms. The second kappa shape index (κ2) is 16.7. The number of hydrogen-bond acceptors (Lipinski definition) is 9. The van der Waals surface area contributed by atoms with E-state index in [-0.39, 0.29) is 21.6 Å². The van der Waals surface area contributed by atoms with Crippen LogP contribution in [0.1, 0.15) is 54.6 Å². The number of carbonyl (C=O) groups excluding carboxylic acids is 1. The maximum atomic E-state index is 13.8. The van der Waals surface area contributed by atoms with Gasteiger partial charge in [-0.3, -0.25) is 9.69 Å². The molecule has 1 aliphatic carbocycles. The summed E-state index contributed by atoms with van der Waals surface area (Å²) in [7, 11) is -2.60. The van der Waals surface area contributed by atoms with Crippen LogP contribution in [0.25, 0.3) is 16.6 Å². The number of allylic oxidation sites excluding steroid dienone is 1. The predicted octanol–water partition coefficient (Wildman–Crippen LogP) is 8.28. The summed E-state index contributed by atoms with van der Waals surface area (Å²) >= 11 is 6.24. The number of amides is 1. The van der Waals surface area contributed by atoms with Crippen molar-refractivity contribution in [2.45, 2.75) is 44.9 Å². The zero-order valence-electron chi connectivity index (χ0n) is 32.3. The van der Waals surface area contributed by atoms with Crippen LogP contribution in [0, 0.1) is 12.3 Å². The minimum absolute atomic E-state index is 0.0206. The van der Waals surface area contributed by atoms with Crippen molar-refractivity contribution in [1.29, 1.82) is 0 Å². The molecule has 7 rings (SSSR count). The minimum Gasteiger partial charge on any atom is -0.455 e. The molecule has 13 heteroatoms. The predicted molar refractivity (Wildman–Crippen MR) is 223 cm³/mol. The van der Waals surface area contributed by atoms with Gasteiger partial charge in [-0.25, -0.2) is 18.1 Å². The number of pyridine rings is 1. The Labute approximate surface area is 334 Å². The lowest BCUT2D eigenvalue weighted by atomic mass is 9.72. The van der Waals surface area contributed by atoms with Crippen LogP contribution in [0.3, 0.4) is 0 Å². The summed E-state index contributed by atoms with van der Waals surface area (Å²) in [5, 5.41) is 4.81. The molecule has 3 N–H and O–H groups in total. The number of benzene rings is 3. The maximum Gasteiger partial charge on any atom is 0.268 e. The molecule has 2 aromatic heterocycles. The first kappa shape index (κ1) is 39.4. The molecule has 1 fully saturated rings. The van der Waals surface area contributed by atoms with E-state index in [0.29, 0.717) is 24.5 Å². The number of aromatic amines is 1. The molecule has 294 valence electrons. The number of halogens is 1. The van der Waals surface area contributed by atoms with Crippen molar-refractivity contribution in [1.82, 2.24) is 19.6 Å². The summed E-state index contributed by atoms with van der Waals surface area (Å²) < 4.78 is 40.7. The molecule has 2 aliphatic rings. The number of piperazine rings is 1. The van der Waals surface area contributed by atoms with Crippen LogP contribution < -0.4 is 19.7 Å². The number of H-pyrrole nitrogens is 1. The molecule has 0 saturated carbocycles. The van der Waals surface area contributed by atoms with Gasteiger partial charge in [0.15, 0.2) is 0 Å². The Balaban J connectivity index is 1.09. The Kier molecular flexibility index (Phi) is 11.7. The number of nitrogens with one attached hydrogen (secondary N) is 3. The molecule has 3 heterocycles. The molecule has 0 atom stereocenters. The van der Waals surface area contributed by atoms with Gasteiger partial charge in [0.05, 0.1) is 23.3 Å². The Morgan fingerprint density at radius 3 is 2.54 bits per heavy atom. The SMILES string of the molecule is COCCNc1ccc(S(=O)(=O)NC(=O)c2ccc(N3CCN(CC4=C(c5ccc(Cl)cc5)CC(C)(C)CC4)CC3)cc2Oc2cnc3[nH]ccc3c2)cc1C. The fraction of sp³-hybridized carbons (Fsp3) is 0.349. The summed E-state index contributed by atoms with van der Waals surface area (Å²) in [4.78, 5) is 26.1. The summed E-state index contributed by atoms with van der Waals surface area (Å²) in [5.74, 6) is -0.151. The smallest absolute Gasteiger partial charge is 0.268 e. The van der Waals surface area contributed by atoms with E-state index in [1.807, 2.05) is 43.3 Å². The lowest BCUT2D eigenvalue weighted by Crippen LogP contribution is -2.47. The fourth-order valence-corrected chi connectivity index (χ4v) is 8.68. The largest absolute Gasteiger partial charge is 0.455 e. The monoisotopic (exact) mass is 796 g/mol. The summed E-state index contributed by atoms with van der Waals surface area (Å²) in [6.45, 7) is 11.8. The number of anilines is 2. The van der Waals surface area contributed by atoms with Crippen molar-refractivity contribution in [2.24, 2.45) is 5.41 Å². The zero-order valence-corrected chi connectivity index (χ0v) is 33.9. The number of fused-ring (bicyclic) bond motifs is 1. The Morgan fingerprint density at radius 2 is 1.79 bits per heavy atom. The van der Waals surface area contributed by atoms with Gasteiger partial charge in [-0.05, 0) is 103 Å². The standard InChI is InChI=1S/C43H49ClN6O5S/c1-29-23-36(10-12-39(29)45-17-22-54-4)56(52,53)48-42(51)37-11-9-34(25-40(37)55-35-24-31-14-16-46-41(31)47-27-35)50-20-18-49(19-21-50)28-32-13-15-43(2,3)26-38(32)30-5-7-33(44)8-6-30/h5-12,14,16,23-25,27,45H,13,15,17-22,26,28H2,1-4H3,(H,46,47)(H,48,51). The summed E-state index contributed by atoms with van der Waals surface area (Å²) in [6.07, 6.45) is 6.64. The molecule has 11 nitrogen and oxygen atoms in total. The van der Waals surface area contributed by atoms with Gasteiger partial charge in [0.25, 0.3) is 15.9 Å².